The average Bonchev–Trinajstić information content (AvgIpc) is 2.83. The normalized spacial score (nSPS) is 25.7. The van der Waals surface area contributed by atoms with E-state index in [0.29, 0.717) is 10.0 Å². The molecule has 1 nitrogen and oxygen atoms in total. The summed E-state index contributed by atoms with van der Waals surface area (Å²) in [6, 6.07) is 5.42. The molecule has 13 heavy (non-hydrogen) atoms. The van der Waals surface area contributed by atoms with Crippen molar-refractivity contribution in [2.75, 3.05) is 0 Å². The highest BCUT2D eigenvalue weighted by molar-refractivity contribution is 6.35. The van der Waals surface area contributed by atoms with E-state index in [-0.39, 0.29) is 12.2 Å². The van der Waals surface area contributed by atoms with E-state index in [1.807, 2.05) is 12.1 Å². The molecule has 3 heteroatoms. The highest BCUT2D eigenvalue weighted by Crippen LogP contribution is 2.42. The maximum absolute atomic E-state index is 5.99. The van der Waals surface area contributed by atoms with Crippen LogP contribution in [0.2, 0.25) is 10.0 Å². The standard InChI is InChI=1S/C10H8Cl2O/c1-2-9-10(13-9)7-4-3-6(11)5-8(7)12/h2-5,9-10H,1H2. The third kappa shape index (κ3) is 1.73. The van der Waals surface area contributed by atoms with E-state index in [4.69, 9.17) is 27.9 Å². The summed E-state index contributed by atoms with van der Waals surface area (Å²) < 4.78 is 5.33. The SMILES string of the molecule is C=CC1OC1c1ccc(Cl)cc1Cl. The highest BCUT2D eigenvalue weighted by atomic mass is 35.5. The van der Waals surface area contributed by atoms with Crippen molar-refractivity contribution in [2.45, 2.75) is 12.2 Å². The van der Waals surface area contributed by atoms with Gasteiger partial charge < -0.3 is 4.74 Å². The van der Waals surface area contributed by atoms with Gasteiger partial charge in [0.15, 0.2) is 0 Å². The highest BCUT2D eigenvalue weighted by Gasteiger charge is 2.38. The second-order valence-corrected chi connectivity index (χ2v) is 3.77. The molecule has 2 rings (SSSR count). The fourth-order valence-electron chi connectivity index (χ4n) is 1.29. The number of hydrogen-bond acceptors (Lipinski definition) is 1. The minimum atomic E-state index is 0.0715. The zero-order valence-corrected chi connectivity index (χ0v) is 8.35. The minimum absolute atomic E-state index is 0.0715. The van der Waals surface area contributed by atoms with Gasteiger partial charge in [0.1, 0.15) is 12.2 Å². The Hall–Kier alpha value is -0.500. The van der Waals surface area contributed by atoms with Crippen LogP contribution in [0.25, 0.3) is 0 Å². The molecule has 1 saturated heterocycles. The molecule has 0 aliphatic carbocycles. The van der Waals surface area contributed by atoms with Crippen LogP contribution in [0, 0.1) is 0 Å². The molecule has 2 atom stereocenters. The molecule has 0 aromatic heterocycles. The maximum Gasteiger partial charge on any atom is 0.115 e. The molecule has 0 N–H and O–H groups in total. The molecule has 0 amide bonds. The summed E-state index contributed by atoms with van der Waals surface area (Å²) >= 11 is 11.8. The summed E-state index contributed by atoms with van der Waals surface area (Å²) in [4.78, 5) is 0. The van der Waals surface area contributed by atoms with E-state index in [0.717, 1.165) is 5.56 Å². The van der Waals surface area contributed by atoms with Crippen molar-refractivity contribution in [1.82, 2.24) is 0 Å². The van der Waals surface area contributed by atoms with Crippen LogP contribution in [0.5, 0.6) is 0 Å². The van der Waals surface area contributed by atoms with Gasteiger partial charge in [-0.2, -0.15) is 0 Å². The van der Waals surface area contributed by atoms with E-state index in [1.54, 1.807) is 12.1 Å². The lowest BCUT2D eigenvalue weighted by Crippen LogP contribution is -1.85. The number of hydrogen-bond donors (Lipinski definition) is 0. The second kappa shape index (κ2) is 3.33. The van der Waals surface area contributed by atoms with Crippen molar-refractivity contribution in [3.8, 4) is 0 Å². The Morgan fingerprint density at radius 2 is 2.15 bits per heavy atom. The monoisotopic (exact) mass is 214 g/mol. The molecule has 0 saturated carbocycles. The molecule has 1 aliphatic heterocycles. The summed E-state index contributed by atoms with van der Waals surface area (Å²) in [5, 5.41) is 1.30. The molecule has 0 radical (unpaired) electrons. The van der Waals surface area contributed by atoms with Crippen molar-refractivity contribution in [2.24, 2.45) is 0 Å². The van der Waals surface area contributed by atoms with Crippen LogP contribution in [0.4, 0.5) is 0 Å². The van der Waals surface area contributed by atoms with Gasteiger partial charge in [-0.15, -0.1) is 6.58 Å². The van der Waals surface area contributed by atoms with Gasteiger partial charge in [-0.05, 0) is 12.1 Å². The van der Waals surface area contributed by atoms with E-state index >= 15 is 0 Å². The minimum Gasteiger partial charge on any atom is -0.360 e. The lowest BCUT2D eigenvalue weighted by molar-refractivity contribution is 0.394. The Bertz CT molecular complexity index is 349. The van der Waals surface area contributed by atoms with Crippen molar-refractivity contribution >= 4 is 23.2 Å². The zero-order chi connectivity index (χ0) is 9.42. The Labute approximate surface area is 86.9 Å². The summed E-state index contributed by atoms with van der Waals surface area (Å²) in [5.41, 5.74) is 0.982. The van der Waals surface area contributed by atoms with Crippen LogP contribution in [0.3, 0.4) is 0 Å². The first kappa shape index (κ1) is 9.07. The average molecular weight is 215 g/mol. The van der Waals surface area contributed by atoms with Gasteiger partial charge in [0.2, 0.25) is 0 Å². The molecule has 1 heterocycles. The van der Waals surface area contributed by atoms with Gasteiger partial charge in [0.05, 0.1) is 0 Å². The number of halogens is 2. The fourth-order valence-corrected chi connectivity index (χ4v) is 1.80. The third-order valence-electron chi connectivity index (χ3n) is 2.03. The number of epoxide rings is 1. The van der Waals surface area contributed by atoms with Crippen LogP contribution >= 0.6 is 23.2 Å². The zero-order valence-electron chi connectivity index (χ0n) is 6.84. The molecule has 1 aliphatic rings. The largest absolute Gasteiger partial charge is 0.360 e. The van der Waals surface area contributed by atoms with Gasteiger partial charge in [-0.25, -0.2) is 0 Å². The molecule has 1 aromatic rings. The molecule has 0 spiro atoms. The van der Waals surface area contributed by atoms with Crippen LogP contribution in [0.1, 0.15) is 11.7 Å². The number of rotatable bonds is 2. The Kier molecular flexibility index (Phi) is 2.33. The van der Waals surface area contributed by atoms with Crippen LogP contribution < -0.4 is 0 Å². The van der Waals surface area contributed by atoms with Gasteiger partial charge >= 0.3 is 0 Å². The lowest BCUT2D eigenvalue weighted by atomic mass is 10.1. The Morgan fingerprint density at radius 3 is 2.69 bits per heavy atom. The molecule has 1 aromatic carbocycles. The molecular formula is C10H8Cl2O. The van der Waals surface area contributed by atoms with Crippen molar-refractivity contribution < 1.29 is 4.74 Å². The Morgan fingerprint density at radius 1 is 1.38 bits per heavy atom. The number of benzene rings is 1. The van der Waals surface area contributed by atoms with Gasteiger partial charge in [0.25, 0.3) is 0 Å². The lowest BCUT2D eigenvalue weighted by Gasteiger charge is -1.99. The number of ether oxygens (including phenoxy) is 1. The van der Waals surface area contributed by atoms with Crippen LogP contribution in [0.15, 0.2) is 30.9 Å². The fraction of sp³-hybridized carbons (Fsp3) is 0.200. The quantitative estimate of drug-likeness (QED) is 0.542. The van der Waals surface area contributed by atoms with Crippen LogP contribution in [-0.2, 0) is 4.74 Å². The van der Waals surface area contributed by atoms with Gasteiger partial charge in [0, 0.05) is 15.6 Å². The summed E-state index contributed by atoms with van der Waals surface area (Å²) in [5.74, 6) is 0. The predicted octanol–water partition coefficient (Wildman–Crippen LogP) is 3.62. The maximum atomic E-state index is 5.99. The first-order valence-corrected chi connectivity index (χ1v) is 4.71. The van der Waals surface area contributed by atoms with E-state index in [1.165, 1.54) is 0 Å². The van der Waals surface area contributed by atoms with Crippen molar-refractivity contribution in [1.29, 1.82) is 0 Å². The topological polar surface area (TPSA) is 12.5 Å². The molecule has 2 unspecified atom stereocenters. The van der Waals surface area contributed by atoms with E-state index in [9.17, 15) is 0 Å². The summed E-state index contributed by atoms with van der Waals surface area (Å²) in [6.07, 6.45) is 1.95. The van der Waals surface area contributed by atoms with Crippen molar-refractivity contribution in [3.63, 3.8) is 0 Å². The first-order valence-electron chi connectivity index (χ1n) is 3.95. The molecule has 0 bridgehead atoms. The summed E-state index contributed by atoms with van der Waals surface area (Å²) in [6.45, 7) is 3.65. The molecular weight excluding hydrogens is 207 g/mol. The smallest absolute Gasteiger partial charge is 0.115 e. The second-order valence-electron chi connectivity index (χ2n) is 2.92. The molecule has 1 fully saturated rings. The third-order valence-corrected chi connectivity index (χ3v) is 2.59. The Balaban J connectivity index is 2.27. The van der Waals surface area contributed by atoms with Crippen molar-refractivity contribution in [3.05, 3.63) is 46.5 Å². The van der Waals surface area contributed by atoms with Gasteiger partial charge in [-0.3, -0.25) is 0 Å². The van der Waals surface area contributed by atoms with Crippen LogP contribution in [-0.4, -0.2) is 6.10 Å². The van der Waals surface area contributed by atoms with Gasteiger partial charge in [-0.1, -0.05) is 35.3 Å². The summed E-state index contributed by atoms with van der Waals surface area (Å²) in [7, 11) is 0. The first-order chi connectivity index (χ1) is 6.22. The van der Waals surface area contributed by atoms with E-state index in [2.05, 4.69) is 6.58 Å². The molecule has 68 valence electrons. The van der Waals surface area contributed by atoms with E-state index < -0.39 is 0 Å². The predicted molar refractivity (Wildman–Crippen MR) is 54.3 cm³/mol.